The summed E-state index contributed by atoms with van der Waals surface area (Å²) in [5, 5.41) is 3.11. The normalized spacial score (nSPS) is 21.2. The standard InChI is InChI=1S/C16H22F3NO/c1-20-15(9-8-14-7-2-3-10-21-14)12-5-4-6-13(11-12)16(17,18)19/h4-6,11,14-15,20H,2-3,7-10H2,1H3. The van der Waals surface area contributed by atoms with Crippen LogP contribution in [0, 0.1) is 0 Å². The highest BCUT2D eigenvalue weighted by atomic mass is 19.4. The Bertz CT molecular complexity index is 441. The maximum atomic E-state index is 12.8. The van der Waals surface area contributed by atoms with Crippen molar-refractivity contribution >= 4 is 0 Å². The molecule has 5 heteroatoms. The first-order chi connectivity index (χ1) is 10.0. The zero-order valence-corrected chi connectivity index (χ0v) is 12.2. The van der Waals surface area contributed by atoms with Gasteiger partial charge in [0.1, 0.15) is 0 Å². The molecule has 2 nitrogen and oxygen atoms in total. The number of rotatable bonds is 5. The van der Waals surface area contributed by atoms with Gasteiger partial charge in [0.05, 0.1) is 11.7 Å². The highest BCUT2D eigenvalue weighted by Crippen LogP contribution is 2.32. The van der Waals surface area contributed by atoms with Crippen molar-refractivity contribution in [3.8, 4) is 0 Å². The molecule has 1 saturated heterocycles. The van der Waals surface area contributed by atoms with Gasteiger partial charge >= 0.3 is 6.18 Å². The minimum absolute atomic E-state index is 0.0715. The Morgan fingerprint density at radius 1 is 1.33 bits per heavy atom. The Kier molecular flexibility index (Phi) is 5.65. The average Bonchev–Trinajstić information content (AvgIpc) is 2.48. The van der Waals surface area contributed by atoms with Crippen LogP contribution in [0.25, 0.3) is 0 Å². The van der Waals surface area contributed by atoms with Crippen LogP contribution >= 0.6 is 0 Å². The lowest BCUT2D eigenvalue weighted by molar-refractivity contribution is -0.137. The summed E-state index contributed by atoms with van der Waals surface area (Å²) < 4.78 is 44.0. The van der Waals surface area contributed by atoms with Crippen LogP contribution in [0.15, 0.2) is 24.3 Å². The third kappa shape index (κ3) is 4.71. The molecule has 0 aromatic heterocycles. The molecule has 118 valence electrons. The van der Waals surface area contributed by atoms with Crippen LogP contribution in [0.5, 0.6) is 0 Å². The molecule has 1 aromatic rings. The molecule has 0 bridgehead atoms. The predicted octanol–water partition coefficient (Wildman–Crippen LogP) is 4.32. The van der Waals surface area contributed by atoms with E-state index in [1.165, 1.54) is 18.6 Å². The molecule has 0 spiro atoms. The summed E-state index contributed by atoms with van der Waals surface area (Å²) in [5.74, 6) is 0. The van der Waals surface area contributed by atoms with Crippen molar-refractivity contribution in [1.29, 1.82) is 0 Å². The highest BCUT2D eigenvalue weighted by Gasteiger charge is 2.31. The number of alkyl halides is 3. The van der Waals surface area contributed by atoms with Gasteiger partial charge in [0, 0.05) is 12.6 Å². The predicted molar refractivity (Wildman–Crippen MR) is 76.1 cm³/mol. The summed E-state index contributed by atoms with van der Waals surface area (Å²) in [4.78, 5) is 0. The molecule has 1 aliphatic heterocycles. The van der Waals surface area contributed by atoms with E-state index in [0.29, 0.717) is 5.56 Å². The smallest absolute Gasteiger partial charge is 0.378 e. The van der Waals surface area contributed by atoms with Crippen LogP contribution in [0.4, 0.5) is 13.2 Å². The van der Waals surface area contributed by atoms with Gasteiger partial charge in [0.15, 0.2) is 0 Å². The molecule has 2 atom stereocenters. The van der Waals surface area contributed by atoms with Crippen LogP contribution in [-0.2, 0) is 10.9 Å². The Morgan fingerprint density at radius 2 is 2.14 bits per heavy atom. The molecular formula is C16H22F3NO. The van der Waals surface area contributed by atoms with Gasteiger partial charge in [-0.25, -0.2) is 0 Å². The Balaban J connectivity index is 1.99. The number of benzene rings is 1. The second-order valence-electron chi connectivity index (χ2n) is 5.53. The van der Waals surface area contributed by atoms with Gasteiger partial charge in [-0.1, -0.05) is 12.1 Å². The monoisotopic (exact) mass is 301 g/mol. The minimum atomic E-state index is -4.29. The molecule has 1 N–H and O–H groups in total. The summed E-state index contributed by atoms with van der Waals surface area (Å²) in [5.41, 5.74) is 0.0947. The van der Waals surface area contributed by atoms with E-state index >= 15 is 0 Å². The Hall–Kier alpha value is -1.07. The zero-order chi connectivity index (χ0) is 15.3. The number of halogens is 3. The van der Waals surface area contributed by atoms with E-state index in [-0.39, 0.29) is 12.1 Å². The quantitative estimate of drug-likeness (QED) is 0.874. The van der Waals surface area contributed by atoms with Crippen molar-refractivity contribution in [3.05, 3.63) is 35.4 Å². The zero-order valence-electron chi connectivity index (χ0n) is 12.2. The summed E-state index contributed by atoms with van der Waals surface area (Å²) >= 11 is 0. The molecule has 0 radical (unpaired) electrons. The molecule has 1 aliphatic rings. The highest BCUT2D eigenvalue weighted by molar-refractivity contribution is 5.28. The maximum absolute atomic E-state index is 12.8. The van der Waals surface area contributed by atoms with Gasteiger partial charge in [-0.05, 0) is 56.8 Å². The number of hydrogen-bond acceptors (Lipinski definition) is 2. The van der Waals surface area contributed by atoms with Crippen molar-refractivity contribution in [2.75, 3.05) is 13.7 Å². The lowest BCUT2D eigenvalue weighted by atomic mass is 9.96. The fourth-order valence-electron chi connectivity index (χ4n) is 2.80. The molecule has 21 heavy (non-hydrogen) atoms. The fraction of sp³-hybridized carbons (Fsp3) is 0.625. The number of nitrogens with one attached hydrogen (secondary N) is 1. The van der Waals surface area contributed by atoms with E-state index in [1.54, 1.807) is 13.1 Å². The van der Waals surface area contributed by atoms with Crippen LogP contribution in [0.1, 0.15) is 49.3 Å². The molecule has 2 rings (SSSR count). The second kappa shape index (κ2) is 7.27. The van der Waals surface area contributed by atoms with Gasteiger partial charge in [-0.2, -0.15) is 13.2 Å². The first-order valence-corrected chi connectivity index (χ1v) is 7.46. The summed E-state index contributed by atoms with van der Waals surface area (Å²) in [6, 6.07) is 5.50. The van der Waals surface area contributed by atoms with E-state index in [1.807, 2.05) is 0 Å². The molecule has 1 aromatic carbocycles. The first kappa shape index (κ1) is 16.3. The van der Waals surface area contributed by atoms with Crippen molar-refractivity contribution in [2.24, 2.45) is 0 Å². The van der Waals surface area contributed by atoms with Gasteiger partial charge in [-0.3, -0.25) is 0 Å². The second-order valence-corrected chi connectivity index (χ2v) is 5.53. The van der Waals surface area contributed by atoms with Crippen molar-refractivity contribution in [3.63, 3.8) is 0 Å². The molecule has 0 aliphatic carbocycles. The van der Waals surface area contributed by atoms with Crippen LogP contribution in [-0.4, -0.2) is 19.8 Å². The Morgan fingerprint density at radius 3 is 2.76 bits per heavy atom. The van der Waals surface area contributed by atoms with Crippen molar-refractivity contribution in [2.45, 2.75) is 50.4 Å². The average molecular weight is 301 g/mol. The lowest BCUT2D eigenvalue weighted by Crippen LogP contribution is -2.23. The fourth-order valence-corrected chi connectivity index (χ4v) is 2.80. The van der Waals surface area contributed by atoms with E-state index in [2.05, 4.69) is 5.32 Å². The largest absolute Gasteiger partial charge is 0.416 e. The molecule has 0 saturated carbocycles. The molecular weight excluding hydrogens is 279 g/mol. The van der Waals surface area contributed by atoms with E-state index in [4.69, 9.17) is 4.74 Å². The van der Waals surface area contributed by atoms with Crippen molar-refractivity contribution in [1.82, 2.24) is 5.32 Å². The van der Waals surface area contributed by atoms with Gasteiger partial charge in [0.2, 0.25) is 0 Å². The van der Waals surface area contributed by atoms with E-state index in [9.17, 15) is 13.2 Å². The van der Waals surface area contributed by atoms with E-state index in [0.717, 1.165) is 38.4 Å². The third-order valence-corrected chi connectivity index (χ3v) is 4.02. The van der Waals surface area contributed by atoms with Crippen molar-refractivity contribution < 1.29 is 17.9 Å². The van der Waals surface area contributed by atoms with Crippen LogP contribution in [0.3, 0.4) is 0 Å². The topological polar surface area (TPSA) is 21.3 Å². The summed E-state index contributed by atoms with van der Waals surface area (Å²) in [7, 11) is 1.78. The summed E-state index contributed by atoms with van der Waals surface area (Å²) in [6.07, 6.45) is 0.961. The van der Waals surface area contributed by atoms with Gasteiger partial charge in [-0.15, -0.1) is 0 Å². The van der Waals surface area contributed by atoms with Gasteiger partial charge < -0.3 is 10.1 Å². The van der Waals surface area contributed by atoms with Crippen LogP contribution < -0.4 is 5.32 Å². The molecule has 0 amide bonds. The summed E-state index contributed by atoms with van der Waals surface area (Å²) in [6.45, 7) is 0.804. The molecule has 1 heterocycles. The van der Waals surface area contributed by atoms with Gasteiger partial charge in [0.25, 0.3) is 0 Å². The molecule has 1 fully saturated rings. The first-order valence-electron chi connectivity index (χ1n) is 7.46. The third-order valence-electron chi connectivity index (χ3n) is 4.02. The molecule has 2 unspecified atom stereocenters. The van der Waals surface area contributed by atoms with Crippen LogP contribution in [0.2, 0.25) is 0 Å². The lowest BCUT2D eigenvalue weighted by Gasteiger charge is -2.25. The minimum Gasteiger partial charge on any atom is -0.378 e. The van der Waals surface area contributed by atoms with E-state index < -0.39 is 11.7 Å². The Labute approximate surface area is 123 Å². The maximum Gasteiger partial charge on any atom is 0.416 e. The number of ether oxygens (including phenoxy) is 1. The SMILES string of the molecule is CNC(CCC1CCCCO1)c1cccc(C(F)(F)F)c1. The number of hydrogen-bond donors (Lipinski definition) is 1.